The Bertz CT molecular complexity index is 503. The Kier molecular flexibility index (Phi) is 5.76. The van der Waals surface area contributed by atoms with E-state index in [9.17, 15) is 9.59 Å². The standard InChI is InChI=1S/C19H32N4O3/c24-18(22-12-10-21(11-13-22)16-3-1-4-16)15-20-6-8-23(9-7-20)19(25)17-5-2-14-26-17/h16-17H,1-15H2. The van der Waals surface area contributed by atoms with Crippen LogP contribution in [0, 0.1) is 0 Å². The molecule has 26 heavy (non-hydrogen) atoms. The molecule has 0 aromatic heterocycles. The zero-order valence-electron chi connectivity index (χ0n) is 15.8. The van der Waals surface area contributed by atoms with E-state index in [0.29, 0.717) is 26.2 Å². The highest BCUT2D eigenvalue weighted by molar-refractivity contribution is 5.81. The molecule has 4 aliphatic rings. The number of rotatable bonds is 4. The number of hydrogen-bond acceptors (Lipinski definition) is 5. The first-order chi connectivity index (χ1) is 12.7. The smallest absolute Gasteiger partial charge is 0.251 e. The summed E-state index contributed by atoms with van der Waals surface area (Å²) in [5.74, 6) is 0.387. The van der Waals surface area contributed by atoms with Gasteiger partial charge in [-0.1, -0.05) is 6.42 Å². The molecule has 0 aromatic rings. The first kappa shape index (κ1) is 18.2. The van der Waals surface area contributed by atoms with Gasteiger partial charge >= 0.3 is 0 Å². The van der Waals surface area contributed by atoms with Crippen molar-refractivity contribution in [2.45, 2.75) is 44.2 Å². The lowest BCUT2D eigenvalue weighted by atomic mass is 9.91. The molecule has 1 aliphatic carbocycles. The van der Waals surface area contributed by atoms with E-state index in [1.54, 1.807) is 0 Å². The van der Waals surface area contributed by atoms with Crippen molar-refractivity contribution in [2.75, 3.05) is 65.5 Å². The Labute approximate surface area is 156 Å². The van der Waals surface area contributed by atoms with Crippen LogP contribution in [-0.4, -0.2) is 109 Å². The van der Waals surface area contributed by atoms with Crippen LogP contribution >= 0.6 is 0 Å². The lowest BCUT2D eigenvalue weighted by Gasteiger charge is -2.43. The molecule has 3 heterocycles. The molecule has 0 aromatic carbocycles. The fourth-order valence-corrected chi connectivity index (χ4v) is 4.48. The van der Waals surface area contributed by atoms with Crippen molar-refractivity contribution in [1.29, 1.82) is 0 Å². The SMILES string of the molecule is O=C(CN1CCN(C(=O)C2CCCO2)CC1)N1CCN(C2CCC2)CC1. The number of ether oxygens (including phenoxy) is 1. The molecule has 1 unspecified atom stereocenters. The van der Waals surface area contributed by atoms with Gasteiger partial charge in [-0.05, 0) is 25.7 Å². The van der Waals surface area contributed by atoms with Gasteiger partial charge in [0.05, 0.1) is 6.54 Å². The highest BCUT2D eigenvalue weighted by Gasteiger charge is 2.32. The summed E-state index contributed by atoms with van der Waals surface area (Å²) in [6.45, 7) is 7.98. The van der Waals surface area contributed by atoms with Crippen LogP contribution in [0.25, 0.3) is 0 Å². The molecule has 0 N–H and O–H groups in total. The monoisotopic (exact) mass is 364 g/mol. The second-order valence-corrected chi connectivity index (χ2v) is 8.10. The van der Waals surface area contributed by atoms with Gasteiger partial charge in [0.25, 0.3) is 5.91 Å². The van der Waals surface area contributed by atoms with E-state index in [2.05, 4.69) is 9.80 Å². The van der Waals surface area contributed by atoms with Gasteiger partial charge in [0.15, 0.2) is 0 Å². The fourth-order valence-electron chi connectivity index (χ4n) is 4.48. The molecular weight excluding hydrogens is 332 g/mol. The Morgan fingerprint density at radius 2 is 1.50 bits per heavy atom. The maximum Gasteiger partial charge on any atom is 0.251 e. The van der Waals surface area contributed by atoms with Crippen LogP contribution in [0.1, 0.15) is 32.1 Å². The van der Waals surface area contributed by atoms with Crippen molar-refractivity contribution in [3.63, 3.8) is 0 Å². The molecule has 2 amide bonds. The van der Waals surface area contributed by atoms with Crippen molar-refractivity contribution in [1.82, 2.24) is 19.6 Å². The number of hydrogen-bond donors (Lipinski definition) is 0. The molecule has 4 fully saturated rings. The van der Waals surface area contributed by atoms with E-state index in [4.69, 9.17) is 4.74 Å². The van der Waals surface area contributed by atoms with E-state index in [-0.39, 0.29) is 17.9 Å². The van der Waals surface area contributed by atoms with Gasteiger partial charge in [-0.3, -0.25) is 19.4 Å². The minimum absolute atomic E-state index is 0.139. The Morgan fingerprint density at radius 1 is 0.808 bits per heavy atom. The number of nitrogens with zero attached hydrogens (tertiary/aromatic N) is 4. The average Bonchev–Trinajstić information content (AvgIpc) is 3.15. The highest BCUT2D eigenvalue weighted by Crippen LogP contribution is 2.25. The van der Waals surface area contributed by atoms with Gasteiger partial charge < -0.3 is 14.5 Å². The largest absolute Gasteiger partial charge is 0.368 e. The molecule has 0 radical (unpaired) electrons. The number of carbonyl (C=O) groups is 2. The first-order valence-corrected chi connectivity index (χ1v) is 10.4. The summed E-state index contributed by atoms with van der Waals surface area (Å²) in [6.07, 6.45) is 5.65. The summed E-state index contributed by atoms with van der Waals surface area (Å²) >= 11 is 0. The summed E-state index contributed by atoms with van der Waals surface area (Å²) in [6, 6.07) is 0.779. The first-order valence-electron chi connectivity index (χ1n) is 10.4. The van der Waals surface area contributed by atoms with Gasteiger partial charge in [-0.15, -0.1) is 0 Å². The van der Waals surface area contributed by atoms with Crippen LogP contribution in [0.2, 0.25) is 0 Å². The zero-order chi connectivity index (χ0) is 17.9. The summed E-state index contributed by atoms with van der Waals surface area (Å²) in [5.41, 5.74) is 0. The Balaban J connectivity index is 1.17. The molecule has 1 atom stereocenters. The second-order valence-electron chi connectivity index (χ2n) is 8.10. The molecule has 3 aliphatic heterocycles. The van der Waals surface area contributed by atoms with Gasteiger partial charge in [-0.2, -0.15) is 0 Å². The highest BCUT2D eigenvalue weighted by atomic mass is 16.5. The molecule has 0 bridgehead atoms. The zero-order valence-corrected chi connectivity index (χ0v) is 15.8. The molecule has 1 saturated carbocycles. The van der Waals surface area contributed by atoms with Crippen LogP contribution < -0.4 is 0 Å². The predicted octanol–water partition coefficient (Wildman–Crippen LogP) is 0.00630. The third-order valence-electron chi connectivity index (χ3n) is 6.51. The Hall–Kier alpha value is -1.18. The number of piperazine rings is 2. The minimum atomic E-state index is -0.227. The van der Waals surface area contributed by atoms with Crippen molar-refractivity contribution in [2.24, 2.45) is 0 Å². The van der Waals surface area contributed by atoms with Gasteiger partial charge in [0.1, 0.15) is 6.10 Å². The third-order valence-corrected chi connectivity index (χ3v) is 6.51. The topological polar surface area (TPSA) is 56.3 Å². The average molecular weight is 364 g/mol. The maximum atomic E-state index is 12.6. The normalized spacial score (nSPS) is 29.0. The quantitative estimate of drug-likeness (QED) is 0.703. The van der Waals surface area contributed by atoms with Crippen LogP contribution in [0.15, 0.2) is 0 Å². The second kappa shape index (κ2) is 8.23. The molecule has 3 saturated heterocycles. The molecular formula is C19H32N4O3. The lowest BCUT2D eigenvalue weighted by molar-refractivity contribution is -0.143. The van der Waals surface area contributed by atoms with Gasteiger partial charge in [-0.25, -0.2) is 0 Å². The van der Waals surface area contributed by atoms with E-state index in [1.807, 2.05) is 9.80 Å². The maximum absolute atomic E-state index is 12.6. The summed E-state index contributed by atoms with van der Waals surface area (Å²) in [7, 11) is 0. The van der Waals surface area contributed by atoms with Gasteiger partial charge in [0.2, 0.25) is 5.91 Å². The molecule has 0 spiro atoms. The Morgan fingerprint density at radius 3 is 2.08 bits per heavy atom. The van der Waals surface area contributed by atoms with Crippen molar-refractivity contribution in [3.05, 3.63) is 0 Å². The van der Waals surface area contributed by atoms with E-state index >= 15 is 0 Å². The van der Waals surface area contributed by atoms with Crippen LogP contribution in [0.5, 0.6) is 0 Å². The lowest BCUT2D eigenvalue weighted by Crippen LogP contribution is -2.56. The number of carbonyl (C=O) groups excluding carboxylic acids is 2. The summed E-state index contributed by atoms with van der Waals surface area (Å²) in [4.78, 5) is 33.7. The number of amides is 2. The molecule has 4 rings (SSSR count). The molecule has 146 valence electrons. The van der Waals surface area contributed by atoms with E-state index in [0.717, 1.165) is 58.2 Å². The van der Waals surface area contributed by atoms with Gasteiger partial charge in [0, 0.05) is 65.0 Å². The third kappa shape index (κ3) is 4.05. The van der Waals surface area contributed by atoms with Crippen molar-refractivity contribution >= 4 is 11.8 Å². The van der Waals surface area contributed by atoms with Crippen LogP contribution in [0.3, 0.4) is 0 Å². The minimum Gasteiger partial charge on any atom is -0.368 e. The van der Waals surface area contributed by atoms with Crippen LogP contribution in [-0.2, 0) is 14.3 Å². The van der Waals surface area contributed by atoms with Crippen molar-refractivity contribution in [3.8, 4) is 0 Å². The van der Waals surface area contributed by atoms with E-state index in [1.165, 1.54) is 19.3 Å². The summed E-state index contributed by atoms with van der Waals surface area (Å²) < 4.78 is 5.51. The van der Waals surface area contributed by atoms with Crippen molar-refractivity contribution < 1.29 is 14.3 Å². The van der Waals surface area contributed by atoms with E-state index < -0.39 is 0 Å². The fraction of sp³-hybridized carbons (Fsp3) is 0.895. The molecule has 7 nitrogen and oxygen atoms in total. The summed E-state index contributed by atoms with van der Waals surface area (Å²) in [5, 5.41) is 0. The predicted molar refractivity (Wildman–Crippen MR) is 97.8 cm³/mol. The van der Waals surface area contributed by atoms with Crippen LogP contribution in [0.4, 0.5) is 0 Å². The molecule has 7 heteroatoms.